The zero-order valence-corrected chi connectivity index (χ0v) is 16.1. The van der Waals surface area contributed by atoms with Gasteiger partial charge < -0.3 is 4.90 Å². The summed E-state index contributed by atoms with van der Waals surface area (Å²) in [6, 6.07) is 44.9. The maximum absolute atomic E-state index is 2.37. The highest BCUT2D eigenvalue weighted by Gasteiger charge is 2.19. The summed E-state index contributed by atoms with van der Waals surface area (Å²) in [6.07, 6.45) is 0. The summed E-state index contributed by atoms with van der Waals surface area (Å²) in [7, 11) is 0. The number of hydrogen-bond acceptors (Lipinski definition) is 1. The van der Waals surface area contributed by atoms with E-state index < -0.39 is 0 Å². The van der Waals surface area contributed by atoms with Crippen LogP contribution in [0.15, 0.2) is 127 Å². The van der Waals surface area contributed by atoms with Gasteiger partial charge in [-0.15, -0.1) is 0 Å². The lowest BCUT2D eigenvalue weighted by molar-refractivity contribution is 1.30. The SMILES string of the molecule is c1ccc(-c2ccc3ccccc3c2N(c2ccccc2)c2ccccc2)cc1. The van der Waals surface area contributed by atoms with E-state index in [0.29, 0.717) is 0 Å². The second-order valence-corrected chi connectivity index (χ2v) is 7.06. The van der Waals surface area contributed by atoms with Crippen LogP contribution in [-0.4, -0.2) is 0 Å². The van der Waals surface area contributed by atoms with Crippen LogP contribution in [-0.2, 0) is 0 Å². The highest BCUT2D eigenvalue weighted by Crippen LogP contribution is 2.44. The van der Waals surface area contributed by atoms with Crippen molar-refractivity contribution < 1.29 is 0 Å². The summed E-state index contributed by atoms with van der Waals surface area (Å²) in [4.78, 5) is 2.37. The second kappa shape index (κ2) is 7.65. The van der Waals surface area contributed by atoms with Crippen molar-refractivity contribution in [2.75, 3.05) is 4.90 Å². The van der Waals surface area contributed by atoms with Gasteiger partial charge in [-0.05, 0) is 35.2 Å². The fourth-order valence-electron chi connectivity index (χ4n) is 3.91. The van der Waals surface area contributed by atoms with Gasteiger partial charge in [0.15, 0.2) is 0 Å². The first-order valence-corrected chi connectivity index (χ1v) is 9.89. The first-order valence-electron chi connectivity index (χ1n) is 9.89. The molecule has 0 unspecified atom stereocenters. The van der Waals surface area contributed by atoms with Crippen molar-refractivity contribution in [3.63, 3.8) is 0 Å². The largest absolute Gasteiger partial charge is 0.309 e. The Hall–Kier alpha value is -3.84. The van der Waals surface area contributed by atoms with Gasteiger partial charge in [-0.1, -0.05) is 103 Å². The van der Waals surface area contributed by atoms with Crippen LogP contribution in [0, 0.1) is 0 Å². The Morgan fingerprint density at radius 2 is 0.931 bits per heavy atom. The van der Waals surface area contributed by atoms with Crippen molar-refractivity contribution >= 4 is 27.8 Å². The number of hydrogen-bond donors (Lipinski definition) is 0. The lowest BCUT2D eigenvalue weighted by Gasteiger charge is -2.29. The van der Waals surface area contributed by atoms with E-state index in [1.165, 1.54) is 27.6 Å². The van der Waals surface area contributed by atoms with Crippen molar-refractivity contribution in [1.29, 1.82) is 0 Å². The Balaban J connectivity index is 1.87. The van der Waals surface area contributed by atoms with Gasteiger partial charge in [0.25, 0.3) is 0 Å². The van der Waals surface area contributed by atoms with Crippen molar-refractivity contribution in [3.05, 3.63) is 127 Å². The Bertz CT molecular complexity index is 1190. The van der Waals surface area contributed by atoms with Crippen LogP contribution in [0.25, 0.3) is 21.9 Å². The predicted octanol–water partition coefficient (Wildman–Crippen LogP) is 7.98. The molecule has 5 rings (SSSR count). The lowest BCUT2D eigenvalue weighted by Crippen LogP contribution is -2.11. The van der Waals surface area contributed by atoms with Crippen LogP contribution in [0.5, 0.6) is 0 Å². The quantitative estimate of drug-likeness (QED) is 0.309. The molecular formula is C28H21N. The molecule has 0 radical (unpaired) electrons. The van der Waals surface area contributed by atoms with Crippen molar-refractivity contribution in [3.8, 4) is 11.1 Å². The predicted molar refractivity (Wildman–Crippen MR) is 124 cm³/mol. The van der Waals surface area contributed by atoms with Crippen LogP contribution in [0.1, 0.15) is 0 Å². The molecule has 0 saturated heterocycles. The Kier molecular flexibility index (Phi) is 4.56. The fraction of sp³-hybridized carbons (Fsp3) is 0. The lowest BCUT2D eigenvalue weighted by atomic mass is 9.96. The standard InChI is InChI=1S/C28H21N/c1-4-12-22(13-5-1)27-21-20-23-14-10-11-19-26(23)28(27)29(24-15-6-2-7-16-24)25-17-8-3-9-18-25/h1-21H. The first kappa shape index (κ1) is 17.3. The van der Waals surface area contributed by atoms with E-state index >= 15 is 0 Å². The van der Waals surface area contributed by atoms with E-state index in [2.05, 4.69) is 132 Å². The maximum atomic E-state index is 2.37. The fourth-order valence-corrected chi connectivity index (χ4v) is 3.91. The van der Waals surface area contributed by atoms with E-state index in [-0.39, 0.29) is 0 Å². The van der Waals surface area contributed by atoms with Gasteiger partial charge in [0.1, 0.15) is 0 Å². The summed E-state index contributed by atoms with van der Waals surface area (Å²) in [6.45, 7) is 0. The molecule has 0 amide bonds. The maximum Gasteiger partial charge on any atom is 0.0618 e. The van der Waals surface area contributed by atoms with Gasteiger partial charge in [0.2, 0.25) is 0 Å². The van der Waals surface area contributed by atoms with E-state index in [4.69, 9.17) is 0 Å². The molecule has 0 aliphatic rings. The summed E-state index contributed by atoms with van der Waals surface area (Å²) in [5.41, 5.74) is 5.92. The number of benzene rings is 5. The van der Waals surface area contributed by atoms with Crippen LogP contribution in [0.3, 0.4) is 0 Å². The molecule has 138 valence electrons. The van der Waals surface area contributed by atoms with Gasteiger partial charge in [-0.25, -0.2) is 0 Å². The molecule has 0 saturated carbocycles. The average molecular weight is 371 g/mol. The normalized spacial score (nSPS) is 10.8. The highest BCUT2D eigenvalue weighted by molar-refractivity contribution is 6.06. The molecule has 0 heterocycles. The van der Waals surface area contributed by atoms with Crippen LogP contribution in [0.4, 0.5) is 17.1 Å². The molecule has 0 atom stereocenters. The monoisotopic (exact) mass is 371 g/mol. The minimum absolute atomic E-state index is 1.15. The molecule has 29 heavy (non-hydrogen) atoms. The minimum atomic E-state index is 1.15. The molecule has 0 N–H and O–H groups in total. The Labute approximate surface area is 171 Å². The molecule has 0 spiro atoms. The zero-order valence-electron chi connectivity index (χ0n) is 16.1. The molecule has 1 heteroatoms. The molecule has 0 fully saturated rings. The van der Waals surface area contributed by atoms with E-state index in [1.807, 2.05) is 0 Å². The molecule has 1 nitrogen and oxygen atoms in total. The van der Waals surface area contributed by atoms with Crippen LogP contribution < -0.4 is 4.90 Å². The molecule has 0 aliphatic carbocycles. The third-order valence-electron chi connectivity index (χ3n) is 5.24. The number of anilines is 3. The summed E-state index contributed by atoms with van der Waals surface area (Å²) >= 11 is 0. The number of para-hydroxylation sites is 2. The van der Waals surface area contributed by atoms with Crippen molar-refractivity contribution in [2.24, 2.45) is 0 Å². The second-order valence-electron chi connectivity index (χ2n) is 7.06. The first-order chi connectivity index (χ1) is 14.4. The molecule has 0 aromatic heterocycles. The van der Waals surface area contributed by atoms with Gasteiger partial charge in [-0.3, -0.25) is 0 Å². The third-order valence-corrected chi connectivity index (χ3v) is 5.24. The van der Waals surface area contributed by atoms with Gasteiger partial charge in [0, 0.05) is 22.3 Å². The van der Waals surface area contributed by atoms with Gasteiger partial charge in [-0.2, -0.15) is 0 Å². The zero-order chi connectivity index (χ0) is 19.5. The number of fused-ring (bicyclic) bond motifs is 1. The van der Waals surface area contributed by atoms with Gasteiger partial charge >= 0.3 is 0 Å². The molecule has 5 aromatic rings. The molecule has 0 aliphatic heterocycles. The summed E-state index contributed by atoms with van der Waals surface area (Å²) in [5, 5.41) is 2.47. The minimum Gasteiger partial charge on any atom is -0.309 e. The van der Waals surface area contributed by atoms with Crippen LogP contribution in [0.2, 0.25) is 0 Å². The Morgan fingerprint density at radius 1 is 0.414 bits per heavy atom. The average Bonchev–Trinajstić information content (AvgIpc) is 2.81. The third kappa shape index (κ3) is 3.28. The van der Waals surface area contributed by atoms with Crippen LogP contribution >= 0.6 is 0 Å². The van der Waals surface area contributed by atoms with Gasteiger partial charge in [0.05, 0.1) is 5.69 Å². The van der Waals surface area contributed by atoms with Crippen molar-refractivity contribution in [2.45, 2.75) is 0 Å². The van der Waals surface area contributed by atoms with E-state index in [9.17, 15) is 0 Å². The highest BCUT2D eigenvalue weighted by atomic mass is 15.1. The number of nitrogens with zero attached hydrogens (tertiary/aromatic N) is 1. The Morgan fingerprint density at radius 3 is 1.55 bits per heavy atom. The number of rotatable bonds is 4. The summed E-state index contributed by atoms with van der Waals surface area (Å²) in [5.74, 6) is 0. The van der Waals surface area contributed by atoms with E-state index in [1.54, 1.807) is 0 Å². The summed E-state index contributed by atoms with van der Waals surface area (Å²) < 4.78 is 0. The molecule has 5 aromatic carbocycles. The molecular weight excluding hydrogens is 350 g/mol. The topological polar surface area (TPSA) is 3.24 Å². The molecule has 0 bridgehead atoms. The van der Waals surface area contributed by atoms with Crippen molar-refractivity contribution in [1.82, 2.24) is 0 Å². The smallest absolute Gasteiger partial charge is 0.0618 e. The van der Waals surface area contributed by atoms with E-state index in [0.717, 1.165) is 11.4 Å².